The first-order valence-corrected chi connectivity index (χ1v) is 6.66. The Morgan fingerprint density at radius 3 is 2.47 bits per heavy atom. The van der Waals surface area contributed by atoms with Gasteiger partial charge in [0.1, 0.15) is 0 Å². The molecule has 0 amide bonds. The van der Waals surface area contributed by atoms with E-state index in [0.717, 1.165) is 18.3 Å². The van der Waals surface area contributed by atoms with E-state index in [4.69, 9.17) is 11.5 Å². The van der Waals surface area contributed by atoms with Crippen LogP contribution in [0.4, 0.5) is 0 Å². The Labute approximate surface area is 93.8 Å². The molecule has 0 aromatic rings. The Hall–Kier alpha value is -0.0800. The summed E-state index contributed by atoms with van der Waals surface area (Å²) in [4.78, 5) is 0. The summed E-state index contributed by atoms with van der Waals surface area (Å²) in [6.07, 6.45) is 10.2. The maximum atomic E-state index is 6.63. The van der Waals surface area contributed by atoms with E-state index in [2.05, 4.69) is 6.92 Å². The Morgan fingerprint density at radius 2 is 1.80 bits per heavy atom. The van der Waals surface area contributed by atoms with Crippen molar-refractivity contribution in [1.82, 2.24) is 0 Å². The van der Waals surface area contributed by atoms with Crippen molar-refractivity contribution in [2.24, 2.45) is 23.3 Å². The maximum absolute atomic E-state index is 6.63. The predicted octanol–water partition coefficient (Wildman–Crippen LogP) is 2.41. The molecule has 4 atom stereocenters. The molecule has 0 heterocycles. The van der Waals surface area contributed by atoms with Gasteiger partial charge in [0.05, 0.1) is 0 Å². The average Bonchev–Trinajstić information content (AvgIpc) is 2.17. The molecule has 88 valence electrons. The zero-order valence-corrected chi connectivity index (χ0v) is 10.0. The van der Waals surface area contributed by atoms with Gasteiger partial charge in [0.25, 0.3) is 0 Å². The van der Waals surface area contributed by atoms with Crippen LogP contribution in [0.15, 0.2) is 0 Å². The molecule has 15 heavy (non-hydrogen) atoms. The lowest BCUT2D eigenvalue weighted by Crippen LogP contribution is -2.55. The molecule has 0 saturated heterocycles. The zero-order valence-electron chi connectivity index (χ0n) is 10.0. The van der Waals surface area contributed by atoms with Gasteiger partial charge in [-0.1, -0.05) is 32.6 Å². The molecule has 4 unspecified atom stereocenters. The zero-order chi connectivity index (χ0) is 10.9. The highest BCUT2D eigenvalue weighted by molar-refractivity contribution is 4.99. The molecule has 2 fully saturated rings. The van der Waals surface area contributed by atoms with Gasteiger partial charge in [-0.2, -0.15) is 0 Å². The van der Waals surface area contributed by atoms with Gasteiger partial charge in [0, 0.05) is 11.6 Å². The standard InChI is InChI=1S/C13H26N2/c1-10-5-2-3-7-12(10)13(15)8-4-6-11(14)9-13/h10-12H,2-9,14-15H2,1H3. The fraction of sp³-hybridized carbons (Fsp3) is 1.00. The number of hydrogen-bond donors (Lipinski definition) is 2. The van der Waals surface area contributed by atoms with Crippen molar-refractivity contribution in [1.29, 1.82) is 0 Å². The van der Waals surface area contributed by atoms with Crippen LogP contribution in [-0.4, -0.2) is 11.6 Å². The van der Waals surface area contributed by atoms with Crippen LogP contribution in [0.2, 0.25) is 0 Å². The Morgan fingerprint density at radius 1 is 1.07 bits per heavy atom. The average molecular weight is 210 g/mol. The van der Waals surface area contributed by atoms with Crippen LogP contribution in [0.25, 0.3) is 0 Å². The summed E-state index contributed by atoms with van der Waals surface area (Å²) in [5.41, 5.74) is 12.8. The number of nitrogens with two attached hydrogens (primary N) is 2. The van der Waals surface area contributed by atoms with Crippen molar-refractivity contribution in [2.45, 2.75) is 69.9 Å². The summed E-state index contributed by atoms with van der Waals surface area (Å²) in [6.45, 7) is 2.39. The third-order valence-electron chi connectivity index (χ3n) is 4.71. The second-order valence-corrected chi connectivity index (χ2v) is 5.96. The summed E-state index contributed by atoms with van der Waals surface area (Å²) < 4.78 is 0. The summed E-state index contributed by atoms with van der Waals surface area (Å²) in [5, 5.41) is 0. The molecule has 4 N–H and O–H groups in total. The Balaban J connectivity index is 2.05. The molecular formula is C13H26N2. The fourth-order valence-electron chi connectivity index (χ4n) is 3.89. The van der Waals surface area contributed by atoms with Crippen LogP contribution < -0.4 is 11.5 Å². The van der Waals surface area contributed by atoms with Crippen molar-refractivity contribution < 1.29 is 0 Å². The highest BCUT2D eigenvalue weighted by Crippen LogP contribution is 2.42. The van der Waals surface area contributed by atoms with E-state index in [9.17, 15) is 0 Å². The van der Waals surface area contributed by atoms with E-state index in [1.54, 1.807) is 0 Å². The third-order valence-corrected chi connectivity index (χ3v) is 4.71. The summed E-state index contributed by atoms with van der Waals surface area (Å²) >= 11 is 0. The lowest BCUT2D eigenvalue weighted by molar-refractivity contribution is 0.0995. The lowest BCUT2D eigenvalue weighted by Gasteiger charge is -2.47. The first-order chi connectivity index (χ1) is 7.12. The Kier molecular flexibility index (Phi) is 3.36. The molecule has 2 saturated carbocycles. The van der Waals surface area contributed by atoms with E-state index in [1.807, 2.05) is 0 Å². The van der Waals surface area contributed by atoms with Crippen molar-refractivity contribution in [2.75, 3.05) is 0 Å². The van der Waals surface area contributed by atoms with Gasteiger partial charge < -0.3 is 11.5 Å². The fourth-order valence-corrected chi connectivity index (χ4v) is 3.89. The molecule has 0 aliphatic heterocycles. The first-order valence-electron chi connectivity index (χ1n) is 6.66. The van der Waals surface area contributed by atoms with Gasteiger partial charge in [0.2, 0.25) is 0 Å². The van der Waals surface area contributed by atoms with Gasteiger partial charge >= 0.3 is 0 Å². The summed E-state index contributed by atoms with van der Waals surface area (Å²) in [6, 6.07) is 0.359. The van der Waals surface area contributed by atoms with E-state index in [-0.39, 0.29) is 5.54 Å². The van der Waals surface area contributed by atoms with E-state index >= 15 is 0 Å². The predicted molar refractivity (Wildman–Crippen MR) is 64.5 cm³/mol. The molecule has 2 aliphatic rings. The molecule has 2 rings (SSSR count). The monoisotopic (exact) mass is 210 g/mol. The first kappa shape index (κ1) is 11.4. The van der Waals surface area contributed by atoms with Crippen LogP contribution in [-0.2, 0) is 0 Å². The number of rotatable bonds is 1. The largest absolute Gasteiger partial charge is 0.328 e. The third kappa shape index (κ3) is 2.36. The van der Waals surface area contributed by atoms with Gasteiger partial charge in [-0.25, -0.2) is 0 Å². The lowest BCUT2D eigenvalue weighted by atomic mass is 9.63. The van der Waals surface area contributed by atoms with Crippen LogP contribution in [0.5, 0.6) is 0 Å². The van der Waals surface area contributed by atoms with Gasteiger partial charge in [-0.15, -0.1) is 0 Å². The topological polar surface area (TPSA) is 52.0 Å². The highest BCUT2D eigenvalue weighted by Gasteiger charge is 2.41. The van der Waals surface area contributed by atoms with E-state index < -0.39 is 0 Å². The Bertz CT molecular complexity index is 217. The van der Waals surface area contributed by atoms with Crippen molar-refractivity contribution >= 4 is 0 Å². The van der Waals surface area contributed by atoms with Crippen LogP contribution in [0, 0.1) is 11.8 Å². The summed E-state index contributed by atoms with van der Waals surface area (Å²) in [5.74, 6) is 1.55. The van der Waals surface area contributed by atoms with Gasteiger partial charge in [-0.05, 0) is 37.5 Å². The minimum absolute atomic E-state index is 0.0670. The normalized spacial score (nSPS) is 47.8. The molecule has 2 heteroatoms. The maximum Gasteiger partial charge on any atom is 0.0200 e. The SMILES string of the molecule is CC1CCCCC1C1(N)CCCC(N)C1. The number of hydrogen-bond acceptors (Lipinski definition) is 2. The van der Waals surface area contributed by atoms with Crippen LogP contribution in [0.1, 0.15) is 58.3 Å². The molecule has 0 bridgehead atoms. The molecule has 0 aromatic carbocycles. The van der Waals surface area contributed by atoms with Gasteiger partial charge in [0.15, 0.2) is 0 Å². The molecule has 0 aromatic heterocycles. The van der Waals surface area contributed by atoms with E-state index in [0.29, 0.717) is 6.04 Å². The van der Waals surface area contributed by atoms with Gasteiger partial charge in [-0.3, -0.25) is 0 Å². The highest BCUT2D eigenvalue weighted by atomic mass is 14.8. The second kappa shape index (κ2) is 4.42. The second-order valence-electron chi connectivity index (χ2n) is 5.96. The smallest absolute Gasteiger partial charge is 0.0200 e. The van der Waals surface area contributed by atoms with Crippen molar-refractivity contribution in [3.63, 3.8) is 0 Å². The quantitative estimate of drug-likeness (QED) is 0.698. The van der Waals surface area contributed by atoms with Crippen molar-refractivity contribution in [3.8, 4) is 0 Å². The minimum atomic E-state index is 0.0670. The van der Waals surface area contributed by atoms with Crippen LogP contribution in [0.3, 0.4) is 0 Å². The minimum Gasteiger partial charge on any atom is -0.328 e. The van der Waals surface area contributed by atoms with E-state index in [1.165, 1.54) is 44.9 Å². The van der Waals surface area contributed by atoms with Crippen LogP contribution >= 0.6 is 0 Å². The molecule has 0 radical (unpaired) electrons. The molecule has 0 spiro atoms. The molecular weight excluding hydrogens is 184 g/mol. The molecule has 2 aliphatic carbocycles. The van der Waals surface area contributed by atoms with Crippen molar-refractivity contribution in [3.05, 3.63) is 0 Å². The summed E-state index contributed by atoms with van der Waals surface area (Å²) in [7, 11) is 0. The molecule has 2 nitrogen and oxygen atoms in total.